The van der Waals surface area contributed by atoms with E-state index in [1.54, 1.807) is 0 Å². The molecule has 0 amide bonds. The third-order valence-electron chi connectivity index (χ3n) is 4.06. The normalized spacial score (nSPS) is 29.1. The zero-order chi connectivity index (χ0) is 11.8. The molecular formula is C13H22N4. The zero-order valence-electron chi connectivity index (χ0n) is 10.8. The molecule has 1 N–H and O–H groups in total. The van der Waals surface area contributed by atoms with E-state index in [2.05, 4.69) is 35.4 Å². The first-order valence-corrected chi connectivity index (χ1v) is 6.68. The molecule has 2 atom stereocenters. The van der Waals surface area contributed by atoms with Gasteiger partial charge in [-0.25, -0.2) is 0 Å². The van der Waals surface area contributed by atoms with Crippen LogP contribution in [0.25, 0.3) is 0 Å². The van der Waals surface area contributed by atoms with Gasteiger partial charge in [0.05, 0.1) is 6.20 Å². The van der Waals surface area contributed by atoms with Gasteiger partial charge in [-0.15, -0.1) is 0 Å². The second-order valence-corrected chi connectivity index (χ2v) is 5.79. The fourth-order valence-electron chi connectivity index (χ4n) is 3.08. The van der Waals surface area contributed by atoms with Gasteiger partial charge in [0.1, 0.15) is 0 Å². The van der Waals surface area contributed by atoms with Crippen LogP contribution in [0.15, 0.2) is 12.4 Å². The topological polar surface area (TPSA) is 33.1 Å². The Morgan fingerprint density at radius 1 is 1.35 bits per heavy atom. The van der Waals surface area contributed by atoms with Crippen molar-refractivity contribution in [3.05, 3.63) is 18.0 Å². The van der Waals surface area contributed by atoms with E-state index in [1.807, 2.05) is 10.9 Å². The van der Waals surface area contributed by atoms with Crippen molar-refractivity contribution in [2.75, 3.05) is 26.2 Å². The molecule has 2 saturated heterocycles. The summed E-state index contributed by atoms with van der Waals surface area (Å²) in [5.41, 5.74) is 1.35. The SMILES string of the molecule is CC(C)n1cc(CN2CC3CNCC3C2)cn1. The van der Waals surface area contributed by atoms with Gasteiger partial charge in [0.25, 0.3) is 0 Å². The minimum Gasteiger partial charge on any atom is -0.316 e. The number of hydrogen-bond donors (Lipinski definition) is 1. The van der Waals surface area contributed by atoms with E-state index in [-0.39, 0.29) is 0 Å². The lowest BCUT2D eigenvalue weighted by molar-refractivity contribution is 0.305. The third kappa shape index (κ3) is 2.24. The molecule has 0 bridgehead atoms. The van der Waals surface area contributed by atoms with Crippen molar-refractivity contribution >= 4 is 0 Å². The number of nitrogens with one attached hydrogen (secondary N) is 1. The van der Waals surface area contributed by atoms with Gasteiger partial charge in [-0.05, 0) is 38.8 Å². The number of aromatic nitrogens is 2. The molecule has 3 rings (SSSR count). The highest BCUT2D eigenvalue weighted by molar-refractivity contribution is 5.05. The van der Waals surface area contributed by atoms with Gasteiger partial charge >= 0.3 is 0 Å². The molecule has 0 saturated carbocycles. The smallest absolute Gasteiger partial charge is 0.0534 e. The molecule has 1 aromatic heterocycles. The molecule has 94 valence electrons. The fourth-order valence-corrected chi connectivity index (χ4v) is 3.08. The number of likely N-dealkylation sites (tertiary alicyclic amines) is 1. The monoisotopic (exact) mass is 234 g/mol. The lowest BCUT2D eigenvalue weighted by Crippen LogP contribution is -2.25. The maximum absolute atomic E-state index is 4.41. The molecule has 1 aromatic rings. The van der Waals surface area contributed by atoms with Crippen LogP contribution < -0.4 is 5.32 Å². The summed E-state index contributed by atoms with van der Waals surface area (Å²) in [6, 6.07) is 0.464. The third-order valence-corrected chi connectivity index (χ3v) is 4.06. The van der Waals surface area contributed by atoms with Crippen molar-refractivity contribution in [3.63, 3.8) is 0 Å². The van der Waals surface area contributed by atoms with Crippen LogP contribution >= 0.6 is 0 Å². The predicted molar refractivity (Wildman–Crippen MR) is 67.7 cm³/mol. The molecule has 2 fully saturated rings. The standard InChI is InChI=1S/C13H22N4/c1-10(2)17-7-11(3-15-17)6-16-8-12-4-14-5-13(12)9-16/h3,7,10,12-14H,4-6,8-9H2,1-2H3. The Balaban J connectivity index is 1.60. The lowest BCUT2D eigenvalue weighted by atomic mass is 10.0. The number of fused-ring (bicyclic) bond motifs is 1. The van der Waals surface area contributed by atoms with Crippen molar-refractivity contribution in [1.29, 1.82) is 0 Å². The van der Waals surface area contributed by atoms with Gasteiger partial charge in [0.15, 0.2) is 0 Å². The van der Waals surface area contributed by atoms with Crippen LogP contribution in [-0.4, -0.2) is 40.9 Å². The molecule has 4 nitrogen and oxygen atoms in total. The molecule has 2 aliphatic rings. The Bertz CT molecular complexity index is 373. The first-order chi connectivity index (χ1) is 8.22. The summed E-state index contributed by atoms with van der Waals surface area (Å²) in [6.07, 6.45) is 4.21. The Kier molecular flexibility index (Phi) is 2.92. The van der Waals surface area contributed by atoms with Crippen LogP contribution in [0.3, 0.4) is 0 Å². The van der Waals surface area contributed by atoms with Crippen LogP contribution in [0.2, 0.25) is 0 Å². The van der Waals surface area contributed by atoms with Gasteiger partial charge in [-0.1, -0.05) is 0 Å². The highest BCUT2D eigenvalue weighted by Crippen LogP contribution is 2.27. The molecule has 4 heteroatoms. The Labute approximate surface area is 103 Å². The van der Waals surface area contributed by atoms with Gasteiger partial charge in [-0.3, -0.25) is 9.58 Å². The molecule has 2 aliphatic heterocycles. The van der Waals surface area contributed by atoms with E-state index in [9.17, 15) is 0 Å². The van der Waals surface area contributed by atoms with Gasteiger partial charge in [-0.2, -0.15) is 5.10 Å². The van der Waals surface area contributed by atoms with Crippen molar-refractivity contribution < 1.29 is 0 Å². The summed E-state index contributed by atoms with van der Waals surface area (Å²) in [6.45, 7) is 10.3. The van der Waals surface area contributed by atoms with Gasteiger partial charge < -0.3 is 5.32 Å². The summed E-state index contributed by atoms with van der Waals surface area (Å²) in [4.78, 5) is 2.58. The van der Waals surface area contributed by atoms with Crippen molar-refractivity contribution in [1.82, 2.24) is 20.0 Å². The Morgan fingerprint density at radius 3 is 2.65 bits per heavy atom. The van der Waals surface area contributed by atoms with E-state index >= 15 is 0 Å². The van der Waals surface area contributed by atoms with E-state index in [4.69, 9.17) is 0 Å². The van der Waals surface area contributed by atoms with Crippen molar-refractivity contribution in [3.8, 4) is 0 Å². The first kappa shape index (κ1) is 11.2. The lowest BCUT2D eigenvalue weighted by Gasteiger charge is -2.15. The highest BCUT2D eigenvalue weighted by atomic mass is 15.3. The largest absolute Gasteiger partial charge is 0.316 e. The fraction of sp³-hybridized carbons (Fsp3) is 0.769. The van der Waals surface area contributed by atoms with Crippen molar-refractivity contribution in [2.45, 2.75) is 26.4 Å². The predicted octanol–water partition coefficient (Wildman–Crippen LogP) is 1.12. The number of hydrogen-bond acceptors (Lipinski definition) is 3. The summed E-state index contributed by atoms with van der Waals surface area (Å²) in [5, 5.41) is 7.89. The molecule has 0 spiro atoms. The maximum atomic E-state index is 4.41. The summed E-state index contributed by atoms with van der Waals surface area (Å²) >= 11 is 0. The van der Waals surface area contributed by atoms with E-state index in [0.717, 1.165) is 18.4 Å². The second kappa shape index (κ2) is 4.42. The maximum Gasteiger partial charge on any atom is 0.0534 e. The molecule has 2 unspecified atom stereocenters. The van der Waals surface area contributed by atoms with Gasteiger partial charge in [0, 0.05) is 37.4 Å². The van der Waals surface area contributed by atoms with Crippen molar-refractivity contribution in [2.24, 2.45) is 11.8 Å². The molecule has 3 heterocycles. The van der Waals surface area contributed by atoms with Crippen LogP contribution in [-0.2, 0) is 6.54 Å². The summed E-state index contributed by atoms with van der Waals surface area (Å²) < 4.78 is 2.05. The van der Waals surface area contributed by atoms with Crippen LogP contribution in [0.5, 0.6) is 0 Å². The molecule has 17 heavy (non-hydrogen) atoms. The molecule has 0 aromatic carbocycles. The zero-order valence-corrected chi connectivity index (χ0v) is 10.8. The summed E-state index contributed by atoms with van der Waals surface area (Å²) in [5.74, 6) is 1.77. The average Bonchev–Trinajstić information content (AvgIpc) is 2.91. The molecular weight excluding hydrogens is 212 g/mol. The second-order valence-electron chi connectivity index (χ2n) is 5.79. The quantitative estimate of drug-likeness (QED) is 0.850. The van der Waals surface area contributed by atoms with E-state index < -0.39 is 0 Å². The molecule has 0 aliphatic carbocycles. The Morgan fingerprint density at radius 2 is 2.06 bits per heavy atom. The van der Waals surface area contributed by atoms with Gasteiger partial charge in [0.2, 0.25) is 0 Å². The van der Waals surface area contributed by atoms with E-state index in [1.165, 1.54) is 31.7 Å². The van der Waals surface area contributed by atoms with Crippen LogP contribution in [0.1, 0.15) is 25.5 Å². The summed E-state index contributed by atoms with van der Waals surface area (Å²) in [7, 11) is 0. The first-order valence-electron chi connectivity index (χ1n) is 6.68. The highest BCUT2D eigenvalue weighted by Gasteiger charge is 2.35. The van der Waals surface area contributed by atoms with E-state index in [0.29, 0.717) is 6.04 Å². The Hall–Kier alpha value is -0.870. The minimum absolute atomic E-state index is 0.464. The average molecular weight is 234 g/mol. The molecule has 0 radical (unpaired) electrons. The number of rotatable bonds is 3. The van der Waals surface area contributed by atoms with Crippen LogP contribution in [0.4, 0.5) is 0 Å². The van der Waals surface area contributed by atoms with Crippen LogP contribution in [0, 0.1) is 11.8 Å². The number of nitrogens with zero attached hydrogens (tertiary/aromatic N) is 3. The minimum atomic E-state index is 0.464.